The van der Waals surface area contributed by atoms with E-state index in [9.17, 15) is 18.0 Å². The van der Waals surface area contributed by atoms with E-state index < -0.39 is 28.5 Å². The number of hydroxylamine groups is 1. The van der Waals surface area contributed by atoms with Crippen molar-refractivity contribution in [3.63, 3.8) is 0 Å². The standard InChI is InChI=1S/C16H18N2O7S/c1-18(23-2)26(21,22)14-7-3-5-12(9-14)16(20)25-11-15(19)17-10-13-6-4-8-24-13/h3-9H,10-11H2,1-2H3,(H,17,19). The highest BCUT2D eigenvalue weighted by molar-refractivity contribution is 7.89. The molecule has 0 aliphatic carbocycles. The van der Waals surface area contributed by atoms with Gasteiger partial charge in [0, 0.05) is 7.05 Å². The number of nitrogens with zero attached hydrogens (tertiary/aromatic N) is 1. The third-order valence-electron chi connectivity index (χ3n) is 3.34. The average molecular weight is 382 g/mol. The van der Waals surface area contributed by atoms with Crippen LogP contribution in [0.1, 0.15) is 16.1 Å². The maximum Gasteiger partial charge on any atom is 0.338 e. The molecule has 2 aromatic rings. The van der Waals surface area contributed by atoms with Gasteiger partial charge in [0.2, 0.25) is 0 Å². The van der Waals surface area contributed by atoms with E-state index in [0.29, 0.717) is 10.2 Å². The summed E-state index contributed by atoms with van der Waals surface area (Å²) >= 11 is 0. The van der Waals surface area contributed by atoms with Gasteiger partial charge in [0.15, 0.2) is 6.61 Å². The fourth-order valence-electron chi connectivity index (χ4n) is 1.89. The molecule has 0 atom stereocenters. The molecule has 1 aromatic carbocycles. The minimum Gasteiger partial charge on any atom is -0.467 e. The predicted molar refractivity (Wildman–Crippen MR) is 89.2 cm³/mol. The maximum absolute atomic E-state index is 12.2. The summed E-state index contributed by atoms with van der Waals surface area (Å²) in [6, 6.07) is 8.61. The van der Waals surface area contributed by atoms with E-state index in [-0.39, 0.29) is 17.0 Å². The fourth-order valence-corrected chi connectivity index (χ4v) is 2.91. The zero-order chi connectivity index (χ0) is 19.2. The molecular formula is C16H18N2O7S. The minimum absolute atomic E-state index is 0.00517. The smallest absolute Gasteiger partial charge is 0.338 e. The van der Waals surface area contributed by atoms with Crippen LogP contribution in [0.15, 0.2) is 52.0 Å². The highest BCUT2D eigenvalue weighted by Crippen LogP contribution is 2.16. The SMILES string of the molecule is CON(C)S(=O)(=O)c1cccc(C(=O)OCC(=O)NCc2ccco2)c1. The average Bonchev–Trinajstić information content (AvgIpc) is 3.17. The summed E-state index contributed by atoms with van der Waals surface area (Å²) in [5.74, 6) is -0.780. The lowest BCUT2D eigenvalue weighted by molar-refractivity contribution is -0.124. The molecule has 0 bridgehead atoms. The van der Waals surface area contributed by atoms with Gasteiger partial charge in [0.25, 0.3) is 15.9 Å². The van der Waals surface area contributed by atoms with Crippen molar-refractivity contribution in [1.82, 2.24) is 9.79 Å². The Morgan fingerprint density at radius 2 is 2.00 bits per heavy atom. The number of nitrogens with one attached hydrogen (secondary N) is 1. The van der Waals surface area contributed by atoms with Crippen LogP contribution in [0.5, 0.6) is 0 Å². The summed E-state index contributed by atoms with van der Waals surface area (Å²) in [5.41, 5.74) is -0.00517. The number of rotatable bonds is 8. The number of hydrogen-bond acceptors (Lipinski definition) is 7. The molecular weight excluding hydrogens is 364 g/mol. The quantitative estimate of drug-likeness (QED) is 0.533. The Kier molecular flexibility index (Phi) is 6.50. The number of amides is 1. The van der Waals surface area contributed by atoms with E-state index in [0.717, 1.165) is 6.07 Å². The first-order chi connectivity index (χ1) is 12.3. The van der Waals surface area contributed by atoms with Gasteiger partial charge < -0.3 is 14.5 Å². The molecule has 0 aliphatic heterocycles. The van der Waals surface area contributed by atoms with Crippen LogP contribution >= 0.6 is 0 Å². The summed E-state index contributed by atoms with van der Waals surface area (Å²) in [5, 5.41) is 2.52. The molecule has 0 fully saturated rings. The number of benzene rings is 1. The van der Waals surface area contributed by atoms with E-state index in [1.54, 1.807) is 12.1 Å². The molecule has 0 unspecified atom stereocenters. The maximum atomic E-state index is 12.2. The molecule has 0 radical (unpaired) electrons. The monoisotopic (exact) mass is 382 g/mol. The molecule has 1 N–H and O–H groups in total. The summed E-state index contributed by atoms with van der Waals surface area (Å²) in [6.45, 7) is -0.338. The number of sulfonamides is 1. The van der Waals surface area contributed by atoms with Gasteiger partial charge in [-0.05, 0) is 30.3 Å². The number of ether oxygens (including phenoxy) is 1. The molecule has 1 amide bonds. The van der Waals surface area contributed by atoms with Crippen molar-refractivity contribution in [2.75, 3.05) is 20.8 Å². The third kappa shape index (κ3) is 4.91. The van der Waals surface area contributed by atoms with Gasteiger partial charge in [-0.1, -0.05) is 10.5 Å². The third-order valence-corrected chi connectivity index (χ3v) is 5.01. The Morgan fingerprint density at radius 1 is 1.23 bits per heavy atom. The Hall–Kier alpha value is -2.69. The van der Waals surface area contributed by atoms with E-state index in [1.807, 2.05) is 0 Å². The zero-order valence-electron chi connectivity index (χ0n) is 14.2. The van der Waals surface area contributed by atoms with E-state index >= 15 is 0 Å². The van der Waals surface area contributed by atoms with Crippen LogP contribution < -0.4 is 5.32 Å². The van der Waals surface area contributed by atoms with Crippen molar-refractivity contribution >= 4 is 21.9 Å². The van der Waals surface area contributed by atoms with Gasteiger partial charge in [0.1, 0.15) is 5.76 Å². The molecule has 9 nitrogen and oxygen atoms in total. The first kappa shape index (κ1) is 19.6. The van der Waals surface area contributed by atoms with Crippen molar-refractivity contribution in [1.29, 1.82) is 0 Å². The second kappa shape index (κ2) is 8.61. The normalized spacial score (nSPS) is 11.3. The van der Waals surface area contributed by atoms with E-state index in [2.05, 4.69) is 10.2 Å². The molecule has 140 valence electrons. The molecule has 10 heteroatoms. The van der Waals surface area contributed by atoms with Crippen LogP contribution in [0, 0.1) is 0 Å². The molecule has 0 saturated carbocycles. The molecule has 26 heavy (non-hydrogen) atoms. The number of esters is 1. The van der Waals surface area contributed by atoms with Crippen LogP contribution in [0.25, 0.3) is 0 Å². The van der Waals surface area contributed by atoms with Crippen molar-refractivity contribution in [2.45, 2.75) is 11.4 Å². The Morgan fingerprint density at radius 3 is 2.65 bits per heavy atom. The lowest BCUT2D eigenvalue weighted by Crippen LogP contribution is -2.28. The van der Waals surface area contributed by atoms with Crippen molar-refractivity contribution in [3.8, 4) is 0 Å². The highest BCUT2D eigenvalue weighted by atomic mass is 32.2. The lowest BCUT2D eigenvalue weighted by Gasteiger charge is -2.14. The highest BCUT2D eigenvalue weighted by Gasteiger charge is 2.22. The van der Waals surface area contributed by atoms with E-state index in [4.69, 9.17) is 9.15 Å². The Bertz CT molecular complexity index is 862. The van der Waals surface area contributed by atoms with Gasteiger partial charge in [-0.2, -0.15) is 0 Å². The first-order valence-corrected chi connectivity index (χ1v) is 8.88. The van der Waals surface area contributed by atoms with Crippen LogP contribution in [-0.4, -0.2) is 45.5 Å². The van der Waals surface area contributed by atoms with Gasteiger partial charge in [-0.25, -0.2) is 13.2 Å². The zero-order valence-corrected chi connectivity index (χ0v) is 15.0. The van der Waals surface area contributed by atoms with Gasteiger partial charge in [-0.15, -0.1) is 0 Å². The van der Waals surface area contributed by atoms with Crippen molar-refractivity contribution < 1.29 is 32.0 Å². The fraction of sp³-hybridized carbons (Fsp3) is 0.250. The summed E-state index contributed by atoms with van der Waals surface area (Å²) in [7, 11) is -1.47. The van der Waals surface area contributed by atoms with Crippen molar-refractivity contribution in [2.24, 2.45) is 0 Å². The molecule has 0 saturated heterocycles. The lowest BCUT2D eigenvalue weighted by atomic mass is 10.2. The Balaban J connectivity index is 1.95. The number of hydrogen-bond donors (Lipinski definition) is 1. The van der Waals surface area contributed by atoms with Gasteiger partial charge in [0.05, 0.1) is 30.4 Å². The number of carbonyl (C=O) groups excluding carboxylic acids is 2. The molecule has 0 spiro atoms. The van der Waals surface area contributed by atoms with E-state index in [1.165, 1.54) is 38.6 Å². The number of furan rings is 1. The molecule has 1 aromatic heterocycles. The van der Waals surface area contributed by atoms with Crippen LogP contribution in [0.3, 0.4) is 0 Å². The van der Waals surface area contributed by atoms with Crippen LogP contribution in [0.2, 0.25) is 0 Å². The van der Waals surface area contributed by atoms with Crippen molar-refractivity contribution in [3.05, 3.63) is 54.0 Å². The Labute approximate surface area is 150 Å². The molecule has 0 aliphatic rings. The molecule has 2 rings (SSSR count). The van der Waals surface area contributed by atoms with Gasteiger partial charge in [-0.3, -0.25) is 9.63 Å². The summed E-state index contributed by atoms with van der Waals surface area (Å²) in [4.78, 5) is 28.3. The van der Waals surface area contributed by atoms with Crippen LogP contribution in [-0.2, 0) is 30.9 Å². The summed E-state index contributed by atoms with van der Waals surface area (Å²) < 4.78 is 35.0. The second-order valence-corrected chi connectivity index (χ2v) is 6.99. The first-order valence-electron chi connectivity index (χ1n) is 7.44. The van der Waals surface area contributed by atoms with Crippen LogP contribution in [0.4, 0.5) is 0 Å². The topological polar surface area (TPSA) is 115 Å². The summed E-state index contributed by atoms with van der Waals surface area (Å²) in [6.07, 6.45) is 1.48. The predicted octanol–water partition coefficient (Wildman–Crippen LogP) is 0.935. The number of carbonyl (C=O) groups is 2. The minimum atomic E-state index is -3.90. The second-order valence-electron chi connectivity index (χ2n) is 5.06. The largest absolute Gasteiger partial charge is 0.467 e. The molecule has 1 heterocycles. The van der Waals surface area contributed by atoms with Gasteiger partial charge >= 0.3 is 5.97 Å².